The van der Waals surface area contributed by atoms with Crippen molar-refractivity contribution in [3.05, 3.63) is 24.2 Å². The maximum absolute atomic E-state index is 5.05. The average Bonchev–Trinajstić information content (AvgIpc) is 2.87. The van der Waals surface area contributed by atoms with Crippen molar-refractivity contribution in [1.82, 2.24) is 10.2 Å². The Balaban J connectivity index is 1.60. The van der Waals surface area contributed by atoms with Gasteiger partial charge >= 0.3 is 0 Å². The van der Waals surface area contributed by atoms with Gasteiger partial charge in [0.1, 0.15) is 0 Å². The van der Waals surface area contributed by atoms with Crippen molar-refractivity contribution in [2.45, 2.75) is 45.2 Å². The van der Waals surface area contributed by atoms with Gasteiger partial charge in [0.15, 0.2) is 0 Å². The number of nitrogens with one attached hydrogen (secondary N) is 1. The van der Waals surface area contributed by atoms with Crippen molar-refractivity contribution in [3.63, 3.8) is 0 Å². The minimum atomic E-state index is 0.796. The van der Waals surface area contributed by atoms with Gasteiger partial charge in [-0.3, -0.25) is 0 Å². The lowest BCUT2D eigenvalue weighted by Crippen LogP contribution is -2.39. The van der Waals surface area contributed by atoms with E-state index in [1.165, 1.54) is 31.2 Å². The van der Waals surface area contributed by atoms with Gasteiger partial charge in [-0.1, -0.05) is 19.8 Å². The molecule has 1 aliphatic carbocycles. The highest BCUT2D eigenvalue weighted by atomic mass is 16.3. The summed E-state index contributed by atoms with van der Waals surface area (Å²) in [5, 5.41) is 3.47. The molecule has 2 atom stereocenters. The Kier molecular flexibility index (Phi) is 5.26. The van der Waals surface area contributed by atoms with Crippen LogP contribution in [0.2, 0.25) is 0 Å². The summed E-state index contributed by atoms with van der Waals surface area (Å²) in [6, 6.07) is 2.81. The van der Waals surface area contributed by atoms with Crippen LogP contribution in [0.4, 0.5) is 0 Å². The van der Waals surface area contributed by atoms with E-state index in [-0.39, 0.29) is 0 Å². The highest BCUT2D eigenvalue weighted by molar-refractivity contribution is 5.04. The smallest absolute Gasteiger partial charge is 0.0947 e. The molecule has 0 bridgehead atoms. The summed E-state index contributed by atoms with van der Waals surface area (Å²) < 4.78 is 5.05. The predicted octanol–water partition coefficient (Wildman–Crippen LogP) is 2.88. The van der Waals surface area contributed by atoms with E-state index < -0.39 is 0 Å². The van der Waals surface area contributed by atoms with Crippen LogP contribution in [0.1, 0.15) is 38.2 Å². The molecule has 0 saturated heterocycles. The van der Waals surface area contributed by atoms with Crippen molar-refractivity contribution in [3.8, 4) is 0 Å². The summed E-state index contributed by atoms with van der Waals surface area (Å²) >= 11 is 0. The molecule has 1 saturated carbocycles. The highest BCUT2D eigenvalue weighted by Gasteiger charge is 2.21. The summed E-state index contributed by atoms with van der Waals surface area (Å²) in [6.07, 6.45) is 9.11. The zero-order valence-corrected chi connectivity index (χ0v) is 11.7. The fourth-order valence-corrected chi connectivity index (χ4v) is 2.87. The summed E-state index contributed by atoms with van der Waals surface area (Å²) in [4.78, 5) is 2.53. The first-order chi connectivity index (χ1) is 8.75. The van der Waals surface area contributed by atoms with E-state index in [1.54, 1.807) is 12.5 Å². The number of rotatable bonds is 6. The fraction of sp³-hybridized carbons (Fsp3) is 0.733. The Morgan fingerprint density at radius 3 is 3.06 bits per heavy atom. The summed E-state index contributed by atoms with van der Waals surface area (Å²) in [5.74, 6) is 0.907. The lowest BCUT2D eigenvalue weighted by atomic mass is 9.86. The number of likely N-dealkylation sites (N-methyl/N-ethyl adjacent to an activating group) is 1. The van der Waals surface area contributed by atoms with Gasteiger partial charge in [0.2, 0.25) is 0 Å². The number of furan rings is 1. The molecule has 1 fully saturated rings. The predicted molar refractivity (Wildman–Crippen MR) is 74.5 cm³/mol. The number of hydrogen-bond acceptors (Lipinski definition) is 3. The molecular weight excluding hydrogens is 224 g/mol. The third-order valence-corrected chi connectivity index (χ3v) is 4.08. The second-order valence-electron chi connectivity index (χ2n) is 5.71. The van der Waals surface area contributed by atoms with Gasteiger partial charge < -0.3 is 14.6 Å². The standard InChI is InChI=1S/C15H26N2O/c1-13-4-3-5-15(10-13)17(2)8-7-16-11-14-6-9-18-12-14/h6,9,12-13,15-16H,3-5,7-8,10-11H2,1-2H3. The topological polar surface area (TPSA) is 28.4 Å². The van der Waals surface area contributed by atoms with Gasteiger partial charge in [0.25, 0.3) is 0 Å². The SMILES string of the molecule is CC1CCCC(N(C)CCNCc2ccoc2)C1. The Bertz CT molecular complexity index is 323. The maximum Gasteiger partial charge on any atom is 0.0947 e. The van der Waals surface area contributed by atoms with Crippen LogP contribution in [0.25, 0.3) is 0 Å². The van der Waals surface area contributed by atoms with Gasteiger partial charge in [0.05, 0.1) is 12.5 Å². The lowest BCUT2D eigenvalue weighted by molar-refractivity contribution is 0.164. The zero-order chi connectivity index (χ0) is 12.8. The lowest BCUT2D eigenvalue weighted by Gasteiger charge is -2.34. The van der Waals surface area contributed by atoms with Crippen LogP contribution in [-0.4, -0.2) is 31.1 Å². The molecule has 0 amide bonds. The molecule has 1 aromatic rings. The molecule has 102 valence electrons. The molecule has 3 heteroatoms. The second kappa shape index (κ2) is 6.95. The summed E-state index contributed by atoms with van der Waals surface area (Å²) in [7, 11) is 2.27. The van der Waals surface area contributed by atoms with Crippen LogP contribution < -0.4 is 5.32 Å². The molecule has 0 aromatic carbocycles. The molecule has 1 aromatic heterocycles. The van der Waals surface area contributed by atoms with E-state index in [9.17, 15) is 0 Å². The third-order valence-electron chi connectivity index (χ3n) is 4.08. The molecule has 18 heavy (non-hydrogen) atoms. The molecule has 2 unspecified atom stereocenters. The van der Waals surface area contributed by atoms with Crippen molar-refractivity contribution < 1.29 is 4.42 Å². The van der Waals surface area contributed by atoms with Crippen LogP contribution in [-0.2, 0) is 6.54 Å². The molecule has 1 aliphatic rings. The van der Waals surface area contributed by atoms with Crippen molar-refractivity contribution in [1.29, 1.82) is 0 Å². The molecular formula is C15H26N2O. The van der Waals surface area contributed by atoms with Crippen LogP contribution in [0, 0.1) is 5.92 Å². The maximum atomic E-state index is 5.05. The normalized spacial score (nSPS) is 24.6. The Labute approximate surface area is 111 Å². The molecule has 0 radical (unpaired) electrons. The third kappa shape index (κ3) is 4.14. The Morgan fingerprint density at radius 2 is 2.33 bits per heavy atom. The first-order valence-electron chi connectivity index (χ1n) is 7.17. The number of hydrogen-bond donors (Lipinski definition) is 1. The first-order valence-corrected chi connectivity index (χ1v) is 7.17. The first kappa shape index (κ1) is 13.6. The highest BCUT2D eigenvalue weighted by Crippen LogP contribution is 2.26. The van der Waals surface area contributed by atoms with E-state index in [4.69, 9.17) is 4.42 Å². The molecule has 0 aliphatic heterocycles. The average molecular weight is 250 g/mol. The van der Waals surface area contributed by atoms with Gasteiger partial charge in [-0.05, 0) is 31.9 Å². The number of nitrogens with zero attached hydrogens (tertiary/aromatic N) is 1. The van der Waals surface area contributed by atoms with Gasteiger partial charge in [-0.25, -0.2) is 0 Å². The van der Waals surface area contributed by atoms with Crippen LogP contribution in [0.3, 0.4) is 0 Å². The van der Waals surface area contributed by atoms with E-state index in [1.807, 2.05) is 6.07 Å². The molecule has 3 nitrogen and oxygen atoms in total. The largest absolute Gasteiger partial charge is 0.472 e. The Hall–Kier alpha value is -0.800. The minimum absolute atomic E-state index is 0.796. The van der Waals surface area contributed by atoms with Gasteiger partial charge in [0, 0.05) is 31.2 Å². The molecule has 1 N–H and O–H groups in total. The molecule has 1 heterocycles. The molecule has 0 spiro atoms. The van der Waals surface area contributed by atoms with E-state index in [2.05, 4.69) is 24.2 Å². The summed E-state index contributed by atoms with van der Waals surface area (Å²) in [6.45, 7) is 5.48. The van der Waals surface area contributed by atoms with Crippen LogP contribution in [0.15, 0.2) is 23.0 Å². The van der Waals surface area contributed by atoms with Crippen LogP contribution in [0.5, 0.6) is 0 Å². The Morgan fingerprint density at radius 1 is 1.44 bits per heavy atom. The van der Waals surface area contributed by atoms with Crippen molar-refractivity contribution >= 4 is 0 Å². The van der Waals surface area contributed by atoms with Crippen LogP contribution >= 0.6 is 0 Å². The summed E-state index contributed by atoms with van der Waals surface area (Å²) in [5.41, 5.74) is 1.23. The van der Waals surface area contributed by atoms with E-state index in [0.29, 0.717) is 0 Å². The van der Waals surface area contributed by atoms with Gasteiger partial charge in [-0.2, -0.15) is 0 Å². The van der Waals surface area contributed by atoms with Crippen molar-refractivity contribution in [2.24, 2.45) is 5.92 Å². The second-order valence-corrected chi connectivity index (χ2v) is 5.71. The fourth-order valence-electron chi connectivity index (χ4n) is 2.87. The van der Waals surface area contributed by atoms with E-state index >= 15 is 0 Å². The van der Waals surface area contributed by atoms with Crippen molar-refractivity contribution in [2.75, 3.05) is 20.1 Å². The quantitative estimate of drug-likeness (QED) is 0.787. The van der Waals surface area contributed by atoms with Gasteiger partial charge in [-0.15, -0.1) is 0 Å². The molecule has 2 rings (SSSR count). The monoisotopic (exact) mass is 250 g/mol. The van der Waals surface area contributed by atoms with E-state index in [0.717, 1.165) is 31.6 Å². The zero-order valence-electron chi connectivity index (χ0n) is 11.7. The minimum Gasteiger partial charge on any atom is -0.472 e.